The van der Waals surface area contributed by atoms with Crippen LogP contribution in [0.3, 0.4) is 0 Å². The molecule has 0 aliphatic heterocycles. The topological polar surface area (TPSA) is 116 Å². The summed E-state index contributed by atoms with van der Waals surface area (Å²) in [5, 5.41) is 9.54. The van der Waals surface area contributed by atoms with Crippen LogP contribution in [0.4, 0.5) is 0 Å². The van der Waals surface area contributed by atoms with E-state index in [0.29, 0.717) is 5.75 Å². The van der Waals surface area contributed by atoms with Crippen LogP contribution in [0.5, 0.6) is 0 Å². The van der Waals surface area contributed by atoms with Gasteiger partial charge in [0.05, 0.1) is 25.4 Å². The molecule has 4 amide bonds. The summed E-state index contributed by atoms with van der Waals surface area (Å²) in [4.78, 5) is 45.5. The lowest BCUT2D eigenvalue weighted by Crippen LogP contribution is -2.44. The highest BCUT2D eigenvalue weighted by Crippen LogP contribution is 2.10. The van der Waals surface area contributed by atoms with Gasteiger partial charge >= 0.3 is 0 Å². The zero-order valence-corrected chi connectivity index (χ0v) is 14.8. The molecular weight excluding hydrogens is 344 g/mol. The standard InChI is InChI=1S/C16H22N4O4S.4H2/c1-17-13(21)7-18-14(22)8-19-15(23)9-20-16(24)11-25-10-12-5-3-2-4-6-12;;;;/h2-6H,7-11H2,1H3,(H,17,21)(H,18,22)(H,19,23)(H,20,24);4*1H. The lowest BCUT2D eigenvalue weighted by molar-refractivity contribution is -0.128. The van der Waals surface area contributed by atoms with E-state index in [-0.39, 0.29) is 42.9 Å². The maximum absolute atomic E-state index is 11.7. The van der Waals surface area contributed by atoms with Gasteiger partial charge < -0.3 is 21.3 Å². The molecule has 0 saturated heterocycles. The van der Waals surface area contributed by atoms with Crippen molar-refractivity contribution in [3.63, 3.8) is 0 Å². The SMILES string of the molecule is CNC(=O)CNC(=O)CNC(=O)CNC(=O)CSCc1ccccc1.[HH].[HH].[HH].[HH]. The monoisotopic (exact) mass is 374 g/mol. The first-order chi connectivity index (χ1) is 12.0. The Morgan fingerprint density at radius 2 is 1.36 bits per heavy atom. The minimum atomic E-state index is -0.485. The van der Waals surface area contributed by atoms with Gasteiger partial charge in [-0.05, 0) is 5.56 Å². The first-order valence-electron chi connectivity index (χ1n) is 7.63. The summed E-state index contributed by atoms with van der Waals surface area (Å²) in [7, 11) is 1.46. The molecule has 1 rings (SSSR count). The van der Waals surface area contributed by atoms with E-state index < -0.39 is 11.8 Å². The fourth-order valence-corrected chi connectivity index (χ4v) is 2.45. The van der Waals surface area contributed by atoms with Gasteiger partial charge in [-0.2, -0.15) is 0 Å². The van der Waals surface area contributed by atoms with Gasteiger partial charge in [-0.1, -0.05) is 30.3 Å². The minimum absolute atomic E-state index is 0. The number of carbonyl (C=O) groups excluding carboxylic acids is 4. The van der Waals surface area contributed by atoms with E-state index in [2.05, 4.69) is 21.3 Å². The Bertz CT molecular complexity index is 612. The van der Waals surface area contributed by atoms with Crippen LogP contribution in [0.1, 0.15) is 11.3 Å². The van der Waals surface area contributed by atoms with Crippen molar-refractivity contribution in [3.05, 3.63) is 35.9 Å². The van der Waals surface area contributed by atoms with Crippen molar-refractivity contribution < 1.29 is 24.9 Å². The third kappa shape index (κ3) is 10.0. The van der Waals surface area contributed by atoms with Gasteiger partial charge in [-0.3, -0.25) is 19.2 Å². The Kier molecular flexibility index (Phi) is 9.76. The molecule has 0 aliphatic rings. The van der Waals surface area contributed by atoms with Gasteiger partial charge in [0.2, 0.25) is 23.6 Å². The van der Waals surface area contributed by atoms with Gasteiger partial charge in [0.25, 0.3) is 0 Å². The first kappa shape index (κ1) is 20.5. The fourth-order valence-electron chi connectivity index (χ4n) is 1.64. The Morgan fingerprint density at radius 3 is 1.92 bits per heavy atom. The third-order valence-electron chi connectivity index (χ3n) is 2.96. The highest BCUT2D eigenvalue weighted by atomic mass is 32.2. The van der Waals surface area contributed by atoms with Crippen LogP contribution in [-0.2, 0) is 24.9 Å². The summed E-state index contributed by atoms with van der Waals surface area (Å²) < 4.78 is 0. The Balaban J connectivity index is -0.000000781. The average Bonchev–Trinajstić information content (AvgIpc) is 2.63. The number of rotatable bonds is 10. The highest BCUT2D eigenvalue weighted by Gasteiger charge is 2.08. The summed E-state index contributed by atoms with van der Waals surface area (Å²) in [5.74, 6) is -0.584. The molecule has 9 heteroatoms. The van der Waals surface area contributed by atoms with Crippen molar-refractivity contribution in [3.8, 4) is 0 Å². The molecule has 0 saturated carbocycles. The summed E-state index contributed by atoms with van der Waals surface area (Å²) in [6.45, 7) is -0.609. The molecule has 4 N–H and O–H groups in total. The molecule has 25 heavy (non-hydrogen) atoms. The van der Waals surface area contributed by atoms with Crippen LogP contribution in [0.25, 0.3) is 0 Å². The average molecular weight is 375 g/mol. The summed E-state index contributed by atoms with van der Waals surface area (Å²) in [5.41, 5.74) is 1.13. The van der Waals surface area contributed by atoms with Crippen molar-refractivity contribution >= 4 is 35.4 Å². The molecule has 1 aromatic rings. The number of hydrogen-bond acceptors (Lipinski definition) is 5. The van der Waals surface area contributed by atoms with Gasteiger partial charge in [0, 0.05) is 18.5 Å². The van der Waals surface area contributed by atoms with Crippen LogP contribution in [0, 0.1) is 0 Å². The molecule has 8 nitrogen and oxygen atoms in total. The van der Waals surface area contributed by atoms with Crippen LogP contribution >= 0.6 is 11.8 Å². The summed E-state index contributed by atoms with van der Waals surface area (Å²) >= 11 is 1.45. The number of amides is 4. The smallest absolute Gasteiger partial charge is 0.239 e. The van der Waals surface area contributed by atoms with E-state index in [1.807, 2.05) is 30.3 Å². The van der Waals surface area contributed by atoms with Crippen LogP contribution in [-0.4, -0.2) is 56.1 Å². The Morgan fingerprint density at radius 1 is 0.840 bits per heavy atom. The van der Waals surface area contributed by atoms with Crippen LogP contribution in [0.2, 0.25) is 0 Å². The molecule has 0 aliphatic carbocycles. The van der Waals surface area contributed by atoms with Crippen LogP contribution in [0.15, 0.2) is 30.3 Å². The molecule has 1 aromatic carbocycles. The van der Waals surface area contributed by atoms with E-state index in [4.69, 9.17) is 0 Å². The lowest BCUT2D eigenvalue weighted by Gasteiger charge is -2.07. The van der Waals surface area contributed by atoms with Gasteiger partial charge in [-0.25, -0.2) is 0 Å². The third-order valence-corrected chi connectivity index (χ3v) is 3.97. The van der Waals surface area contributed by atoms with Crippen molar-refractivity contribution in [1.29, 1.82) is 0 Å². The number of likely N-dealkylation sites (N-methyl/N-ethyl adjacent to an activating group) is 1. The molecule has 0 atom stereocenters. The molecule has 0 fully saturated rings. The van der Waals surface area contributed by atoms with E-state index in [0.717, 1.165) is 5.56 Å². The zero-order valence-electron chi connectivity index (χ0n) is 14.0. The second kappa shape index (κ2) is 11.9. The fraction of sp³-hybridized carbons (Fsp3) is 0.375. The first-order valence-corrected chi connectivity index (χ1v) is 8.79. The van der Waals surface area contributed by atoms with Crippen molar-refractivity contribution in [2.75, 3.05) is 32.4 Å². The Hall–Kier alpha value is -2.55. The van der Waals surface area contributed by atoms with E-state index in [9.17, 15) is 19.2 Å². The van der Waals surface area contributed by atoms with Crippen LogP contribution < -0.4 is 21.3 Å². The lowest BCUT2D eigenvalue weighted by atomic mass is 10.2. The second-order valence-corrected chi connectivity index (χ2v) is 5.97. The van der Waals surface area contributed by atoms with E-state index >= 15 is 0 Å². The second-order valence-electron chi connectivity index (χ2n) is 4.98. The quantitative estimate of drug-likeness (QED) is 0.460. The van der Waals surface area contributed by atoms with Crippen molar-refractivity contribution in [2.24, 2.45) is 0 Å². The number of thioether (sulfide) groups is 1. The zero-order chi connectivity index (χ0) is 18.5. The largest absolute Gasteiger partial charge is 0.358 e. The number of carbonyl (C=O) groups is 4. The van der Waals surface area contributed by atoms with E-state index in [1.54, 1.807) is 0 Å². The van der Waals surface area contributed by atoms with Crippen molar-refractivity contribution in [1.82, 2.24) is 21.3 Å². The molecule has 0 unspecified atom stereocenters. The molecule has 0 radical (unpaired) electrons. The van der Waals surface area contributed by atoms with Gasteiger partial charge in [0.15, 0.2) is 0 Å². The van der Waals surface area contributed by atoms with Gasteiger partial charge in [-0.15, -0.1) is 11.8 Å². The minimum Gasteiger partial charge on any atom is -0.358 e. The maximum Gasteiger partial charge on any atom is 0.239 e. The molecule has 0 heterocycles. The predicted molar refractivity (Wildman–Crippen MR) is 104 cm³/mol. The molecule has 144 valence electrons. The Labute approximate surface area is 156 Å². The molecule has 0 spiro atoms. The number of hydrogen-bond donors (Lipinski definition) is 4. The number of nitrogens with one attached hydrogen (secondary N) is 4. The number of benzene rings is 1. The molecular formula is C16H30N4O4S. The highest BCUT2D eigenvalue weighted by molar-refractivity contribution is 7.99. The normalized spacial score (nSPS) is 9.80. The van der Waals surface area contributed by atoms with E-state index in [1.165, 1.54) is 18.8 Å². The van der Waals surface area contributed by atoms with Crippen molar-refractivity contribution in [2.45, 2.75) is 5.75 Å². The van der Waals surface area contributed by atoms with Gasteiger partial charge in [0.1, 0.15) is 0 Å². The molecule has 0 aromatic heterocycles. The predicted octanol–water partition coefficient (Wildman–Crippen LogP) is -0.00160. The molecule has 0 bridgehead atoms. The maximum atomic E-state index is 11.7. The summed E-state index contributed by atoms with van der Waals surface area (Å²) in [6, 6.07) is 9.76. The summed E-state index contributed by atoms with van der Waals surface area (Å²) in [6.07, 6.45) is 0.